The molecule has 1 aromatic heterocycles. The maximum Gasteiger partial charge on any atom is 0.322 e. The molecular formula is C22H26N6O3S. The lowest BCUT2D eigenvalue weighted by Crippen LogP contribution is -2.41. The number of carbonyl (C=O) groups excluding carboxylic acids is 1. The van der Waals surface area contributed by atoms with Crippen LogP contribution in [-0.4, -0.2) is 37.7 Å². The Bertz CT molecular complexity index is 1210. The first-order chi connectivity index (χ1) is 15.2. The lowest BCUT2D eigenvalue weighted by Gasteiger charge is -2.35. The predicted octanol–water partition coefficient (Wildman–Crippen LogP) is 3.87. The van der Waals surface area contributed by atoms with Gasteiger partial charge in [0, 0.05) is 29.9 Å². The average Bonchev–Trinajstić information content (AvgIpc) is 3.21. The van der Waals surface area contributed by atoms with Gasteiger partial charge in [0.1, 0.15) is 9.92 Å². The van der Waals surface area contributed by atoms with Gasteiger partial charge in [-0.1, -0.05) is 25.0 Å². The summed E-state index contributed by atoms with van der Waals surface area (Å²) in [5, 5.41) is 10.3. The third-order valence-electron chi connectivity index (χ3n) is 5.41. The van der Waals surface area contributed by atoms with Crippen molar-refractivity contribution in [3.63, 3.8) is 0 Å². The Balaban J connectivity index is 1.46. The molecule has 168 valence electrons. The number of nitrogen functional groups attached to an aromatic ring is 1. The fraction of sp³-hybridized carbons (Fsp3) is 0.318. The van der Waals surface area contributed by atoms with E-state index in [1.807, 2.05) is 0 Å². The molecule has 0 spiro atoms. The normalized spacial score (nSPS) is 21.1. The van der Waals surface area contributed by atoms with Crippen molar-refractivity contribution >= 4 is 27.5 Å². The zero-order valence-corrected chi connectivity index (χ0v) is 18.8. The second kappa shape index (κ2) is 8.71. The Labute approximate surface area is 187 Å². The van der Waals surface area contributed by atoms with E-state index in [-0.39, 0.29) is 11.9 Å². The number of hydrogen-bond donors (Lipinski definition) is 3. The van der Waals surface area contributed by atoms with Gasteiger partial charge in [-0.05, 0) is 60.7 Å². The summed E-state index contributed by atoms with van der Waals surface area (Å²) in [5.41, 5.74) is 7.30. The molecule has 10 heteroatoms. The van der Waals surface area contributed by atoms with Crippen molar-refractivity contribution in [2.75, 3.05) is 24.1 Å². The lowest BCUT2D eigenvalue weighted by molar-refractivity contribution is 0.102. The summed E-state index contributed by atoms with van der Waals surface area (Å²) >= 11 is 0. The second-order valence-electron chi connectivity index (χ2n) is 8.34. The van der Waals surface area contributed by atoms with Crippen LogP contribution in [0.25, 0.3) is 11.5 Å². The Morgan fingerprint density at radius 1 is 1.16 bits per heavy atom. The van der Waals surface area contributed by atoms with Gasteiger partial charge in [-0.15, -0.1) is 5.10 Å². The Hall–Kier alpha value is -3.24. The molecule has 32 heavy (non-hydrogen) atoms. The van der Waals surface area contributed by atoms with Crippen LogP contribution >= 0.6 is 0 Å². The van der Waals surface area contributed by atoms with Gasteiger partial charge in [0.05, 0.1) is 4.90 Å². The van der Waals surface area contributed by atoms with E-state index in [9.17, 15) is 9.00 Å². The monoisotopic (exact) mass is 454 g/mol. The highest BCUT2D eigenvalue weighted by atomic mass is 32.2. The van der Waals surface area contributed by atoms with E-state index >= 15 is 0 Å². The first-order valence-electron chi connectivity index (χ1n) is 10.4. The molecule has 1 fully saturated rings. The van der Waals surface area contributed by atoms with E-state index in [1.165, 1.54) is 0 Å². The first-order valence-corrected chi connectivity index (χ1v) is 11.9. The highest BCUT2D eigenvalue weighted by Gasteiger charge is 2.29. The Kier molecular flexibility index (Phi) is 5.98. The third-order valence-corrected chi connectivity index (χ3v) is 7.35. The van der Waals surface area contributed by atoms with E-state index in [2.05, 4.69) is 29.4 Å². The lowest BCUT2D eigenvalue weighted by atomic mass is 9.94. The standard InChI is InChI=1S/C22H26N6O3S/c1-14-10-15(2)13-28(12-14)32(24,30)19-8-6-16(7-9-19)20(29)25-22-27-26-21(31-22)17-4-3-5-18(23)11-17/h3-9,11,14-15,24H,10,12-13,23H2,1-2H3,(H,25,27,29)/t14-,15+,32?. The highest BCUT2D eigenvalue weighted by molar-refractivity contribution is 7.90. The van der Waals surface area contributed by atoms with Crippen molar-refractivity contribution in [2.45, 2.75) is 25.2 Å². The molecule has 1 aliphatic heterocycles. The number of aromatic nitrogens is 2. The van der Waals surface area contributed by atoms with Crippen molar-refractivity contribution in [3.05, 3.63) is 54.1 Å². The van der Waals surface area contributed by atoms with Crippen LogP contribution in [0.15, 0.2) is 57.8 Å². The van der Waals surface area contributed by atoms with Crippen molar-refractivity contribution < 1.29 is 13.4 Å². The van der Waals surface area contributed by atoms with Gasteiger partial charge in [-0.2, -0.15) is 0 Å². The molecule has 1 unspecified atom stereocenters. The number of rotatable bonds is 5. The third kappa shape index (κ3) is 4.66. The maximum atomic E-state index is 13.2. The zero-order chi connectivity index (χ0) is 22.9. The molecule has 2 aromatic carbocycles. The van der Waals surface area contributed by atoms with Gasteiger partial charge in [0.25, 0.3) is 5.91 Å². The molecule has 0 radical (unpaired) electrons. The quantitative estimate of drug-likeness (QED) is 0.500. The summed E-state index contributed by atoms with van der Waals surface area (Å²) in [6, 6.07) is 13.2. The minimum atomic E-state index is -3.11. The highest BCUT2D eigenvalue weighted by Crippen LogP contribution is 2.27. The van der Waals surface area contributed by atoms with Crippen molar-refractivity contribution in [2.24, 2.45) is 11.8 Å². The Morgan fingerprint density at radius 2 is 1.84 bits per heavy atom. The molecule has 0 saturated carbocycles. The van der Waals surface area contributed by atoms with Crippen LogP contribution in [0.5, 0.6) is 0 Å². The van der Waals surface area contributed by atoms with Crippen LogP contribution in [-0.2, 0) is 9.92 Å². The number of amides is 1. The van der Waals surface area contributed by atoms with E-state index in [0.29, 0.717) is 46.6 Å². The summed E-state index contributed by atoms with van der Waals surface area (Å²) < 4.78 is 29.0. The van der Waals surface area contributed by atoms with E-state index < -0.39 is 15.8 Å². The van der Waals surface area contributed by atoms with Crippen LogP contribution < -0.4 is 11.1 Å². The van der Waals surface area contributed by atoms with Crippen LogP contribution in [0, 0.1) is 16.6 Å². The van der Waals surface area contributed by atoms with E-state index in [1.54, 1.807) is 52.8 Å². The summed E-state index contributed by atoms with van der Waals surface area (Å²) in [5.74, 6) is 0.570. The van der Waals surface area contributed by atoms with Gasteiger partial charge < -0.3 is 10.2 Å². The molecule has 0 aliphatic carbocycles. The van der Waals surface area contributed by atoms with E-state index in [0.717, 1.165) is 6.42 Å². The minimum Gasteiger partial charge on any atom is -0.403 e. The fourth-order valence-electron chi connectivity index (χ4n) is 3.99. The number of carbonyl (C=O) groups is 1. The van der Waals surface area contributed by atoms with Gasteiger partial charge >= 0.3 is 6.01 Å². The number of nitrogens with zero attached hydrogens (tertiary/aromatic N) is 3. The van der Waals surface area contributed by atoms with Gasteiger partial charge in [-0.25, -0.2) is 13.3 Å². The molecule has 2 heterocycles. The van der Waals surface area contributed by atoms with Crippen LogP contribution in [0.4, 0.5) is 11.7 Å². The molecule has 0 bridgehead atoms. The minimum absolute atomic E-state index is 0.0444. The van der Waals surface area contributed by atoms with Gasteiger partial charge in [0.2, 0.25) is 5.89 Å². The predicted molar refractivity (Wildman–Crippen MR) is 122 cm³/mol. The SMILES string of the molecule is C[C@@H]1C[C@H](C)CN(S(=N)(=O)c2ccc(C(=O)Nc3nnc(-c4cccc(N)c4)o3)cc2)C1. The zero-order valence-electron chi connectivity index (χ0n) is 17.9. The summed E-state index contributed by atoms with van der Waals surface area (Å²) in [7, 11) is -3.11. The topological polar surface area (TPSA) is 138 Å². The van der Waals surface area contributed by atoms with Gasteiger partial charge in [-0.3, -0.25) is 10.1 Å². The number of hydrogen-bond acceptors (Lipinski definition) is 7. The molecule has 1 saturated heterocycles. The smallest absolute Gasteiger partial charge is 0.322 e. The second-order valence-corrected chi connectivity index (χ2v) is 10.4. The molecule has 1 aliphatic rings. The van der Waals surface area contributed by atoms with Crippen molar-refractivity contribution in [3.8, 4) is 11.5 Å². The van der Waals surface area contributed by atoms with E-state index in [4.69, 9.17) is 14.9 Å². The summed E-state index contributed by atoms with van der Waals surface area (Å²) in [4.78, 5) is 13.0. The first kappa shape index (κ1) is 22.0. The van der Waals surface area contributed by atoms with Crippen LogP contribution in [0.1, 0.15) is 30.6 Å². The van der Waals surface area contributed by atoms with Gasteiger partial charge in [0.15, 0.2) is 0 Å². The number of nitrogens with two attached hydrogens (primary N) is 1. The molecule has 4 N–H and O–H groups in total. The molecule has 9 nitrogen and oxygen atoms in total. The number of benzene rings is 2. The summed E-state index contributed by atoms with van der Waals surface area (Å²) in [6.45, 7) is 5.48. The van der Waals surface area contributed by atoms with Crippen molar-refractivity contribution in [1.29, 1.82) is 4.78 Å². The molecule has 3 atom stereocenters. The fourth-order valence-corrected chi connectivity index (χ4v) is 5.72. The number of anilines is 2. The molecular weight excluding hydrogens is 428 g/mol. The average molecular weight is 455 g/mol. The number of nitrogens with one attached hydrogen (secondary N) is 2. The largest absolute Gasteiger partial charge is 0.403 e. The Morgan fingerprint density at radius 3 is 2.50 bits per heavy atom. The summed E-state index contributed by atoms with van der Waals surface area (Å²) in [6.07, 6.45) is 1.07. The maximum absolute atomic E-state index is 13.2. The molecule has 4 rings (SSSR count). The number of piperidine rings is 1. The van der Waals surface area contributed by atoms with Crippen LogP contribution in [0.2, 0.25) is 0 Å². The van der Waals surface area contributed by atoms with Crippen molar-refractivity contribution in [1.82, 2.24) is 14.5 Å². The molecule has 3 aromatic rings. The van der Waals surface area contributed by atoms with Crippen LogP contribution in [0.3, 0.4) is 0 Å². The molecule has 1 amide bonds.